The third-order valence-electron chi connectivity index (χ3n) is 3.04. The minimum absolute atomic E-state index is 0.361. The summed E-state index contributed by atoms with van der Waals surface area (Å²) in [6.07, 6.45) is 0. The lowest BCUT2D eigenvalue weighted by atomic mass is 10.4. The highest BCUT2D eigenvalue weighted by molar-refractivity contribution is 7.99. The van der Waals surface area contributed by atoms with Gasteiger partial charge in [-0.05, 0) is 13.8 Å². The molecule has 1 fully saturated rings. The van der Waals surface area contributed by atoms with E-state index in [1.807, 2.05) is 25.6 Å². The molecule has 8 heteroatoms. The SMILES string of the molecule is CCNc1nc(NCCN2CCSCC2)nc(OCC)n1. The first-order chi connectivity index (χ1) is 10.3. The minimum Gasteiger partial charge on any atom is -0.464 e. The van der Waals surface area contributed by atoms with Gasteiger partial charge in [0.25, 0.3) is 0 Å². The monoisotopic (exact) mass is 312 g/mol. The van der Waals surface area contributed by atoms with Crippen molar-refractivity contribution in [3.05, 3.63) is 0 Å². The molecule has 0 saturated carbocycles. The highest BCUT2D eigenvalue weighted by atomic mass is 32.2. The van der Waals surface area contributed by atoms with Crippen LogP contribution in [0.2, 0.25) is 0 Å². The molecule has 0 bridgehead atoms. The summed E-state index contributed by atoms with van der Waals surface area (Å²) in [4.78, 5) is 15.3. The van der Waals surface area contributed by atoms with E-state index in [0.717, 1.165) is 32.7 Å². The van der Waals surface area contributed by atoms with Gasteiger partial charge in [-0.1, -0.05) is 0 Å². The molecule has 118 valence electrons. The molecule has 0 spiro atoms. The molecular formula is C13H24N6OS. The molecule has 2 heterocycles. The van der Waals surface area contributed by atoms with Gasteiger partial charge in [-0.3, -0.25) is 4.90 Å². The van der Waals surface area contributed by atoms with Crippen LogP contribution in [0.4, 0.5) is 11.9 Å². The summed E-state index contributed by atoms with van der Waals surface area (Å²) in [7, 11) is 0. The third kappa shape index (κ3) is 5.55. The van der Waals surface area contributed by atoms with Crippen molar-refractivity contribution in [2.75, 3.05) is 61.5 Å². The van der Waals surface area contributed by atoms with E-state index in [2.05, 4.69) is 30.5 Å². The molecule has 1 aromatic heterocycles. The van der Waals surface area contributed by atoms with Crippen molar-refractivity contribution in [1.29, 1.82) is 0 Å². The normalized spacial score (nSPS) is 15.7. The first-order valence-corrected chi connectivity index (χ1v) is 8.64. The minimum atomic E-state index is 0.361. The fourth-order valence-electron chi connectivity index (χ4n) is 2.02. The Bertz CT molecular complexity index is 403. The molecule has 2 rings (SSSR count). The first kappa shape index (κ1) is 16.1. The van der Waals surface area contributed by atoms with Crippen LogP contribution < -0.4 is 15.4 Å². The van der Waals surface area contributed by atoms with Crippen LogP contribution >= 0.6 is 11.8 Å². The van der Waals surface area contributed by atoms with Crippen molar-refractivity contribution >= 4 is 23.7 Å². The molecule has 0 radical (unpaired) electrons. The van der Waals surface area contributed by atoms with Crippen LogP contribution in [0.3, 0.4) is 0 Å². The first-order valence-electron chi connectivity index (χ1n) is 7.48. The fourth-order valence-corrected chi connectivity index (χ4v) is 3.00. The maximum Gasteiger partial charge on any atom is 0.323 e. The van der Waals surface area contributed by atoms with E-state index in [-0.39, 0.29) is 0 Å². The standard InChI is InChI=1S/C13H24N6OS/c1-3-14-11-16-12(18-13(17-11)20-4-2)15-5-6-19-7-9-21-10-8-19/h3-10H2,1-2H3,(H2,14,15,16,17,18). The van der Waals surface area contributed by atoms with Gasteiger partial charge in [0.05, 0.1) is 6.61 Å². The quantitative estimate of drug-likeness (QED) is 0.741. The van der Waals surface area contributed by atoms with Crippen molar-refractivity contribution in [1.82, 2.24) is 19.9 Å². The molecule has 2 N–H and O–H groups in total. The van der Waals surface area contributed by atoms with Gasteiger partial charge in [0, 0.05) is 44.2 Å². The Balaban J connectivity index is 1.87. The van der Waals surface area contributed by atoms with Crippen molar-refractivity contribution in [2.24, 2.45) is 0 Å². The van der Waals surface area contributed by atoms with Gasteiger partial charge in [-0.25, -0.2) is 0 Å². The molecule has 7 nitrogen and oxygen atoms in total. The molecule has 1 aromatic rings. The summed E-state index contributed by atoms with van der Waals surface area (Å²) in [5, 5.41) is 6.35. The summed E-state index contributed by atoms with van der Waals surface area (Å²) in [6, 6.07) is 0.361. The molecule has 0 aromatic carbocycles. The van der Waals surface area contributed by atoms with Gasteiger partial charge in [0.2, 0.25) is 11.9 Å². The summed E-state index contributed by atoms with van der Waals surface area (Å²) < 4.78 is 5.37. The third-order valence-corrected chi connectivity index (χ3v) is 3.98. The summed E-state index contributed by atoms with van der Waals surface area (Å²) >= 11 is 2.02. The zero-order valence-corrected chi connectivity index (χ0v) is 13.6. The lowest BCUT2D eigenvalue weighted by molar-refractivity contribution is 0.310. The predicted molar refractivity (Wildman–Crippen MR) is 87.4 cm³/mol. The largest absolute Gasteiger partial charge is 0.464 e. The van der Waals surface area contributed by atoms with Crippen LogP contribution in [0.5, 0.6) is 6.01 Å². The van der Waals surface area contributed by atoms with Crippen LogP contribution in [-0.4, -0.2) is 70.7 Å². The zero-order valence-electron chi connectivity index (χ0n) is 12.8. The maximum absolute atomic E-state index is 5.37. The molecule has 1 saturated heterocycles. The van der Waals surface area contributed by atoms with Crippen LogP contribution in [-0.2, 0) is 0 Å². The fraction of sp³-hybridized carbons (Fsp3) is 0.769. The van der Waals surface area contributed by atoms with Crippen molar-refractivity contribution < 1.29 is 4.74 Å². The highest BCUT2D eigenvalue weighted by Crippen LogP contribution is 2.11. The van der Waals surface area contributed by atoms with Gasteiger partial charge in [0.15, 0.2) is 0 Å². The molecule has 1 aliphatic heterocycles. The van der Waals surface area contributed by atoms with E-state index in [1.54, 1.807) is 0 Å². The summed E-state index contributed by atoms with van der Waals surface area (Å²) in [6.45, 7) is 9.38. The predicted octanol–water partition coefficient (Wildman–Crippen LogP) is 1.16. The average molecular weight is 312 g/mol. The number of hydrogen-bond donors (Lipinski definition) is 2. The van der Waals surface area contributed by atoms with Crippen molar-refractivity contribution in [3.63, 3.8) is 0 Å². The second-order valence-electron chi connectivity index (χ2n) is 4.61. The van der Waals surface area contributed by atoms with E-state index in [9.17, 15) is 0 Å². The molecule has 0 amide bonds. The lowest BCUT2D eigenvalue weighted by Crippen LogP contribution is -2.36. The molecular weight excluding hydrogens is 288 g/mol. The van der Waals surface area contributed by atoms with Gasteiger partial charge < -0.3 is 15.4 Å². The second kappa shape index (κ2) is 8.89. The number of nitrogens with zero attached hydrogens (tertiary/aromatic N) is 4. The van der Waals surface area contributed by atoms with Crippen LogP contribution in [0, 0.1) is 0 Å². The van der Waals surface area contributed by atoms with E-state index in [0.29, 0.717) is 24.5 Å². The number of ether oxygens (including phenoxy) is 1. The molecule has 0 unspecified atom stereocenters. The van der Waals surface area contributed by atoms with E-state index < -0.39 is 0 Å². The molecule has 0 aliphatic carbocycles. The average Bonchev–Trinajstić information content (AvgIpc) is 2.49. The van der Waals surface area contributed by atoms with Crippen LogP contribution in [0.1, 0.15) is 13.8 Å². The van der Waals surface area contributed by atoms with E-state index in [4.69, 9.17) is 4.74 Å². The number of hydrogen-bond acceptors (Lipinski definition) is 8. The topological polar surface area (TPSA) is 75.2 Å². The zero-order chi connectivity index (χ0) is 14.9. The number of nitrogens with one attached hydrogen (secondary N) is 2. The lowest BCUT2D eigenvalue weighted by Gasteiger charge is -2.26. The number of thioether (sulfide) groups is 1. The molecule has 0 atom stereocenters. The Kier molecular flexibility index (Phi) is 6.81. The van der Waals surface area contributed by atoms with Gasteiger partial charge in [-0.15, -0.1) is 0 Å². The Morgan fingerprint density at radius 2 is 1.81 bits per heavy atom. The summed E-state index contributed by atoms with van der Waals surface area (Å²) in [5.41, 5.74) is 0. The maximum atomic E-state index is 5.37. The van der Waals surface area contributed by atoms with Crippen molar-refractivity contribution in [2.45, 2.75) is 13.8 Å². The van der Waals surface area contributed by atoms with Crippen LogP contribution in [0.15, 0.2) is 0 Å². The van der Waals surface area contributed by atoms with Gasteiger partial charge in [-0.2, -0.15) is 26.7 Å². The second-order valence-corrected chi connectivity index (χ2v) is 5.83. The number of aromatic nitrogens is 3. The Labute approximate surface area is 130 Å². The molecule has 21 heavy (non-hydrogen) atoms. The number of anilines is 2. The highest BCUT2D eigenvalue weighted by Gasteiger charge is 2.10. The summed E-state index contributed by atoms with van der Waals surface area (Å²) in [5.74, 6) is 3.57. The van der Waals surface area contributed by atoms with Crippen LogP contribution in [0.25, 0.3) is 0 Å². The van der Waals surface area contributed by atoms with Gasteiger partial charge in [0.1, 0.15) is 0 Å². The van der Waals surface area contributed by atoms with Crippen molar-refractivity contribution in [3.8, 4) is 6.01 Å². The smallest absolute Gasteiger partial charge is 0.323 e. The van der Waals surface area contributed by atoms with E-state index >= 15 is 0 Å². The number of rotatable bonds is 8. The van der Waals surface area contributed by atoms with Gasteiger partial charge >= 0.3 is 6.01 Å². The van der Waals surface area contributed by atoms with E-state index in [1.165, 1.54) is 11.5 Å². The Morgan fingerprint density at radius 3 is 2.48 bits per heavy atom. The Hall–Kier alpha value is -1.28. The molecule has 1 aliphatic rings. The Morgan fingerprint density at radius 1 is 1.10 bits per heavy atom.